The minimum atomic E-state index is -0.951. The lowest BCUT2D eigenvalue weighted by molar-refractivity contribution is -0.129. The topological polar surface area (TPSA) is 75.3 Å². The van der Waals surface area contributed by atoms with Crippen LogP contribution in [0.1, 0.15) is 84.3 Å². The van der Waals surface area contributed by atoms with Crippen molar-refractivity contribution in [1.82, 2.24) is 5.32 Å². The first-order chi connectivity index (χ1) is 13.2. The molecule has 4 nitrogen and oxygen atoms in total. The van der Waals surface area contributed by atoms with Crippen LogP contribution in [0.15, 0.2) is 24.3 Å². The summed E-state index contributed by atoms with van der Waals surface area (Å²) < 4.78 is 0. The predicted octanol–water partition coefficient (Wildman–Crippen LogP) is 4.33. The third-order valence-electron chi connectivity index (χ3n) is 5.50. The molecule has 0 radical (unpaired) electrons. The van der Waals surface area contributed by atoms with E-state index in [1.165, 1.54) is 11.1 Å². The Hall–Kier alpha value is -1.39. The van der Waals surface area contributed by atoms with E-state index in [1.54, 1.807) is 0 Å². The summed E-state index contributed by atoms with van der Waals surface area (Å²) in [6.45, 7) is 11.6. The maximum absolute atomic E-state index is 11.8. The zero-order valence-electron chi connectivity index (χ0n) is 18.6. The summed E-state index contributed by atoms with van der Waals surface area (Å²) in [5, 5.41) is 12.8. The van der Waals surface area contributed by atoms with Gasteiger partial charge in [-0.1, -0.05) is 71.7 Å². The molecule has 0 unspecified atom stereocenters. The molecule has 0 bridgehead atoms. The standard InChI is InChI=1S/C24H42N2O2/c1-6-8-15-26-23(28)22(27)14-13-21(25)17-18(7-2)16-19-9-11-20(12-10-19)24(3,4)5/h9-12,18,21-22,27H,6-8,13-17,25H2,1-5H3,(H,26,28)/t18-,21-,22-/m0/s1. The minimum absolute atomic E-state index is 0.0110. The Morgan fingerprint density at radius 2 is 1.79 bits per heavy atom. The summed E-state index contributed by atoms with van der Waals surface area (Å²) in [6, 6.07) is 8.94. The molecule has 160 valence electrons. The fraction of sp³-hybridized carbons (Fsp3) is 0.708. The van der Waals surface area contributed by atoms with Crippen molar-refractivity contribution in [3.05, 3.63) is 35.4 Å². The largest absolute Gasteiger partial charge is 0.383 e. The van der Waals surface area contributed by atoms with Crippen LogP contribution in [0.5, 0.6) is 0 Å². The van der Waals surface area contributed by atoms with Crippen LogP contribution in [-0.2, 0) is 16.6 Å². The molecule has 0 fully saturated rings. The van der Waals surface area contributed by atoms with Crippen molar-refractivity contribution in [3.8, 4) is 0 Å². The zero-order valence-corrected chi connectivity index (χ0v) is 18.6. The molecule has 0 heterocycles. The van der Waals surface area contributed by atoms with Gasteiger partial charge in [-0.2, -0.15) is 0 Å². The highest BCUT2D eigenvalue weighted by Gasteiger charge is 2.19. The molecule has 28 heavy (non-hydrogen) atoms. The second-order valence-corrected chi connectivity index (χ2v) is 9.16. The summed E-state index contributed by atoms with van der Waals surface area (Å²) in [6.07, 6.45) is 5.13. The first kappa shape index (κ1) is 24.6. The van der Waals surface area contributed by atoms with Crippen LogP contribution in [-0.4, -0.2) is 29.7 Å². The monoisotopic (exact) mass is 390 g/mol. The quantitative estimate of drug-likeness (QED) is 0.465. The van der Waals surface area contributed by atoms with Crippen LogP contribution in [0, 0.1) is 5.92 Å². The Morgan fingerprint density at radius 1 is 1.14 bits per heavy atom. The molecule has 1 aromatic rings. The maximum Gasteiger partial charge on any atom is 0.248 e. The Balaban J connectivity index is 2.44. The van der Waals surface area contributed by atoms with Crippen LogP contribution >= 0.6 is 0 Å². The van der Waals surface area contributed by atoms with E-state index in [9.17, 15) is 9.90 Å². The van der Waals surface area contributed by atoms with Crippen molar-refractivity contribution in [2.24, 2.45) is 11.7 Å². The second kappa shape index (κ2) is 12.2. The van der Waals surface area contributed by atoms with Crippen LogP contribution in [0.2, 0.25) is 0 Å². The maximum atomic E-state index is 11.8. The van der Waals surface area contributed by atoms with Gasteiger partial charge in [-0.3, -0.25) is 4.79 Å². The number of hydrogen-bond donors (Lipinski definition) is 3. The number of nitrogens with one attached hydrogen (secondary N) is 1. The third-order valence-corrected chi connectivity index (χ3v) is 5.50. The second-order valence-electron chi connectivity index (χ2n) is 9.16. The van der Waals surface area contributed by atoms with Gasteiger partial charge in [0.1, 0.15) is 6.10 Å². The Kier molecular flexibility index (Phi) is 10.8. The lowest BCUT2D eigenvalue weighted by Gasteiger charge is -2.22. The number of carbonyl (C=O) groups is 1. The van der Waals surface area contributed by atoms with Crippen LogP contribution in [0.4, 0.5) is 0 Å². The SMILES string of the molecule is CCCCNC(=O)[C@@H](O)CC[C@H](N)C[C@@H](CC)Cc1ccc(C(C)(C)C)cc1. The lowest BCUT2D eigenvalue weighted by atomic mass is 9.85. The molecule has 0 spiro atoms. The van der Waals surface area contributed by atoms with Gasteiger partial charge in [0.05, 0.1) is 0 Å². The van der Waals surface area contributed by atoms with E-state index in [4.69, 9.17) is 5.73 Å². The van der Waals surface area contributed by atoms with E-state index in [1.807, 2.05) is 0 Å². The molecule has 0 aliphatic carbocycles. The lowest BCUT2D eigenvalue weighted by Crippen LogP contribution is -2.36. The molecule has 0 aliphatic rings. The molecule has 4 N–H and O–H groups in total. The van der Waals surface area contributed by atoms with Crippen molar-refractivity contribution in [2.75, 3.05) is 6.54 Å². The first-order valence-corrected chi connectivity index (χ1v) is 11.0. The van der Waals surface area contributed by atoms with Gasteiger partial charge >= 0.3 is 0 Å². The molecule has 0 aliphatic heterocycles. The molecule has 3 atom stereocenters. The summed E-state index contributed by atoms with van der Waals surface area (Å²) in [5.74, 6) is 0.248. The number of rotatable bonds is 12. The van der Waals surface area contributed by atoms with Crippen LogP contribution in [0.25, 0.3) is 0 Å². The predicted molar refractivity (Wildman–Crippen MR) is 118 cm³/mol. The molecule has 1 aromatic carbocycles. The van der Waals surface area contributed by atoms with Crippen molar-refractivity contribution >= 4 is 5.91 Å². The molecule has 4 heteroatoms. The van der Waals surface area contributed by atoms with Gasteiger partial charge in [0.25, 0.3) is 0 Å². The van der Waals surface area contributed by atoms with Gasteiger partial charge < -0.3 is 16.2 Å². The molecule has 1 amide bonds. The van der Waals surface area contributed by atoms with E-state index < -0.39 is 6.10 Å². The minimum Gasteiger partial charge on any atom is -0.383 e. The van der Waals surface area contributed by atoms with Gasteiger partial charge in [-0.25, -0.2) is 0 Å². The molecule has 0 aromatic heterocycles. The molecular weight excluding hydrogens is 348 g/mol. The van der Waals surface area contributed by atoms with E-state index in [0.717, 1.165) is 32.1 Å². The fourth-order valence-electron chi connectivity index (χ4n) is 3.42. The number of unbranched alkanes of at least 4 members (excludes halogenated alkanes) is 1. The summed E-state index contributed by atoms with van der Waals surface area (Å²) in [5.41, 5.74) is 9.19. The Morgan fingerprint density at radius 3 is 2.32 bits per heavy atom. The number of aliphatic hydroxyl groups excluding tert-OH is 1. The number of benzene rings is 1. The Labute approximate surface area is 172 Å². The molecular formula is C24H42N2O2. The number of carbonyl (C=O) groups excluding carboxylic acids is 1. The van der Waals surface area contributed by atoms with Gasteiger partial charge in [0.2, 0.25) is 5.91 Å². The summed E-state index contributed by atoms with van der Waals surface area (Å²) in [7, 11) is 0. The zero-order chi connectivity index (χ0) is 21.2. The number of nitrogens with two attached hydrogens (primary N) is 1. The van der Waals surface area contributed by atoms with Gasteiger partial charge in [-0.05, 0) is 54.6 Å². The fourth-order valence-corrected chi connectivity index (χ4v) is 3.42. The van der Waals surface area contributed by atoms with Crippen molar-refractivity contribution in [1.29, 1.82) is 0 Å². The number of amides is 1. The van der Waals surface area contributed by atoms with Crippen LogP contribution in [0.3, 0.4) is 0 Å². The smallest absolute Gasteiger partial charge is 0.248 e. The molecule has 0 saturated carbocycles. The highest BCUT2D eigenvalue weighted by molar-refractivity contribution is 5.80. The molecule has 0 saturated heterocycles. The third kappa shape index (κ3) is 9.20. The number of hydrogen-bond acceptors (Lipinski definition) is 3. The van der Waals surface area contributed by atoms with Crippen molar-refractivity contribution in [3.63, 3.8) is 0 Å². The average Bonchev–Trinajstić information content (AvgIpc) is 2.65. The highest BCUT2D eigenvalue weighted by Crippen LogP contribution is 2.24. The Bertz CT molecular complexity index is 563. The van der Waals surface area contributed by atoms with E-state index in [-0.39, 0.29) is 17.4 Å². The van der Waals surface area contributed by atoms with Gasteiger partial charge in [0, 0.05) is 12.6 Å². The van der Waals surface area contributed by atoms with E-state index >= 15 is 0 Å². The van der Waals surface area contributed by atoms with Crippen molar-refractivity contribution < 1.29 is 9.90 Å². The van der Waals surface area contributed by atoms with E-state index in [2.05, 4.69) is 64.2 Å². The average molecular weight is 391 g/mol. The van der Waals surface area contributed by atoms with E-state index in [0.29, 0.717) is 25.3 Å². The first-order valence-electron chi connectivity index (χ1n) is 11.0. The summed E-state index contributed by atoms with van der Waals surface area (Å²) in [4.78, 5) is 11.8. The summed E-state index contributed by atoms with van der Waals surface area (Å²) >= 11 is 0. The normalized spacial score (nSPS) is 15.1. The number of aliphatic hydroxyl groups is 1. The van der Waals surface area contributed by atoms with Gasteiger partial charge in [-0.15, -0.1) is 0 Å². The molecule has 1 rings (SSSR count). The van der Waals surface area contributed by atoms with Crippen molar-refractivity contribution in [2.45, 2.75) is 97.1 Å². The van der Waals surface area contributed by atoms with Gasteiger partial charge in [0.15, 0.2) is 0 Å². The van der Waals surface area contributed by atoms with Crippen LogP contribution < -0.4 is 11.1 Å². The highest BCUT2D eigenvalue weighted by atomic mass is 16.3.